The first-order valence-corrected chi connectivity index (χ1v) is 5.56. The van der Waals surface area contributed by atoms with Gasteiger partial charge in [-0.05, 0) is 17.7 Å². The van der Waals surface area contributed by atoms with E-state index >= 15 is 0 Å². The standard InChI is InChI=1S/C14H10F2N2/c15-10-5-6-13(12(16)7-10)18-8-9-3-1-2-4-11(9)14(18)17/h1-7,17H,8H2. The summed E-state index contributed by atoms with van der Waals surface area (Å²) in [6, 6.07) is 10.9. The lowest BCUT2D eigenvalue weighted by atomic mass is 10.1. The highest BCUT2D eigenvalue weighted by Crippen LogP contribution is 2.30. The van der Waals surface area contributed by atoms with Crippen molar-refractivity contribution >= 4 is 11.5 Å². The van der Waals surface area contributed by atoms with E-state index < -0.39 is 11.6 Å². The molecule has 0 saturated heterocycles. The number of nitrogens with zero attached hydrogens (tertiary/aromatic N) is 1. The van der Waals surface area contributed by atoms with E-state index in [0.717, 1.165) is 17.2 Å². The van der Waals surface area contributed by atoms with Gasteiger partial charge in [-0.1, -0.05) is 24.3 Å². The Kier molecular flexibility index (Phi) is 2.37. The van der Waals surface area contributed by atoms with Crippen molar-refractivity contribution in [1.82, 2.24) is 0 Å². The van der Waals surface area contributed by atoms with Gasteiger partial charge < -0.3 is 4.90 Å². The lowest BCUT2D eigenvalue weighted by molar-refractivity contribution is 0.583. The molecule has 2 nitrogen and oxygen atoms in total. The quantitative estimate of drug-likeness (QED) is 0.818. The fourth-order valence-corrected chi connectivity index (χ4v) is 2.19. The molecule has 0 aromatic heterocycles. The van der Waals surface area contributed by atoms with Crippen LogP contribution in [0.4, 0.5) is 14.5 Å². The third-order valence-corrected chi connectivity index (χ3v) is 3.07. The molecular formula is C14H10F2N2. The van der Waals surface area contributed by atoms with Crippen LogP contribution < -0.4 is 4.90 Å². The van der Waals surface area contributed by atoms with Gasteiger partial charge in [-0.25, -0.2) is 8.78 Å². The topological polar surface area (TPSA) is 27.1 Å². The van der Waals surface area contributed by atoms with Crippen molar-refractivity contribution in [3.63, 3.8) is 0 Å². The molecule has 0 aliphatic carbocycles. The monoisotopic (exact) mass is 244 g/mol. The average Bonchev–Trinajstić information content (AvgIpc) is 2.68. The number of fused-ring (bicyclic) bond motifs is 1. The van der Waals surface area contributed by atoms with Crippen LogP contribution in [0.3, 0.4) is 0 Å². The van der Waals surface area contributed by atoms with Crippen LogP contribution >= 0.6 is 0 Å². The van der Waals surface area contributed by atoms with Crippen molar-refractivity contribution in [2.45, 2.75) is 6.54 Å². The number of nitrogens with one attached hydrogen (secondary N) is 1. The van der Waals surface area contributed by atoms with Gasteiger partial charge in [0.05, 0.1) is 12.2 Å². The Morgan fingerprint density at radius 1 is 1.06 bits per heavy atom. The Labute approximate surface area is 103 Å². The van der Waals surface area contributed by atoms with Crippen LogP contribution in [0.2, 0.25) is 0 Å². The molecule has 0 fully saturated rings. The minimum Gasteiger partial charge on any atom is -0.319 e. The summed E-state index contributed by atoms with van der Waals surface area (Å²) < 4.78 is 26.6. The second kappa shape index (κ2) is 3.91. The van der Waals surface area contributed by atoms with Crippen LogP contribution in [-0.4, -0.2) is 5.84 Å². The van der Waals surface area contributed by atoms with E-state index in [1.165, 1.54) is 12.1 Å². The summed E-state index contributed by atoms with van der Waals surface area (Å²) in [6.07, 6.45) is 0. The zero-order chi connectivity index (χ0) is 12.7. The molecule has 0 bridgehead atoms. The highest BCUT2D eigenvalue weighted by Gasteiger charge is 2.26. The zero-order valence-corrected chi connectivity index (χ0v) is 9.45. The lowest BCUT2D eigenvalue weighted by Crippen LogP contribution is -2.24. The molecule has 1 N–H and O–H groups in total. The van der Waals surface area contributed by atoms with Gasteiger partial charge in [0.1, 0.15) is 17.5 Å². The van der Waals surface area contributed by atoms with Crippen LogP contribution in [0, 0.1) is 17.0 Å². The SMILES string of the molecule is N=C1c2ccccc2CN1c1ccc(F)cc1F. The van der Waals surface area contributed by atoms with Crippen molar-refractivity contribution < 1.29 is 8.78 Å². The maximum atomic E-state index is 13.7. The lowest BCUT2D eigenvalue weighted by Gasteiger charge is -2.18. The van der Waals surface area contributed by atoms with Gasteiger partial charge in [0.15, 0.2) is 0 Å². The average molecular weight is 244 g/mol. The van der Waals surface area contributed by atoms with Crippen LogP contribution in [0.25, 0.3) is 0 Å². The Morgan fingerprint density at radius 2 is 1.83 bits per heavy atom. The number of benzene rings is 2. The second-order valence-corrected chi connectivity index (χ2v) is 4.19. The van der Waals surface area contributed by atoms with E-state index in [0.29, 0.717) is 6.54 Å². The maximum absolute atomic E-state index is 13.7. The molecule has 4 heteroatoms. The third-order valence-electron chi connectivity index (χ3n) is 3.07. The van der Waals surface area contributed by atoms with Gasteiger partial charge in [0, 0.05) is 11.6 Å². The number of anilines is 1. The molecule has 0 saturated carbocycles. The first kappa shape index (κ1) is 10.9. The molecule has 0 unspecified atom stereocenters. The van der Waals surface area contributed by atoms with Crippen molar-refractivity contribution in [3.8, 4) is 0 Å². The van der Waals surface area contributed by atoms with Crippen molar-refractivity contribution in [3.05, 3.63) is 65.2 Å². The summed E-state index contributed by atoms with van der Waals surface area (Å²) in [7, 11) is 0. The normalized spacial score (nSPS) is 13.9. The molecule has 2 aromatic carbocycles. The Morgan fingerprint density at radius 3 is 2.56 bits per heavy atom. The van der Waals surface area contributed by atoms with Gasteiger partial charge >= 0.3 is 0 Å². The van der Waals surface area contributed by atoms with E-state index in [9.17, 15) is 8.78 Å². The van der Waals surface area contributed by atoms with E-state index in [2.05, 4.69) is 0 Å². The number of amidine groups is 1. The van der Waals surface area contributed by atoms with Gasteiger partial charge in [-0.15, -0.1) is 0 Å². The minimum atomic E-state index is -0.646. The molecule has 1 aliphatic rings. The first-order valence-electron chi connectivity index (χ1n) is 5.56. The molecule has 0 atom stereocenters. The van der Waals surface area contributed by atoms with E-state index in [1.807, 2.05) is 24.3 Å². The predicted octanol–water partition coefficient (Wildman–Crippen LogP) is 3.31. The molecule has 2 aromatic rings. The van der Waals surface area contributed by atoms with Gasteiger partial charge in [0.2, 0.25) is 0 Å². The van der Waals surface area contributed by atoms with Crippen molar-refractivity contribution in [2.75, 3.05) is 4.90 Å². The van der Waals surface area contributed by atoms with Crippen molar-refractivity contribution in [2.24, 2.45) is 0 Å². The van der Waals surface area contributed by atoms with E-state index in [-0.39, 0.29) is 11.5 Å². The number of halogens is 2. The van der Waals surface area contributed by atoms with Crippen LogP contribution in [0.15, 0.2) is 42.5 Å². The molecule has 0 spiro atoms. The number of hydrogen-bond donors (Lipinski definition) is 1. The van der Waals surface area contributed by atoms with Gasteiger partial charge in [-0.2, -0.15) is 0 Å². The summed E-state index contributed by atoms with van der Waals surface area (Å²) in [5.74, 6) is -1.01. The van der Waals surface area contributed by atoms with E-state index in [1.54, 1.807) is 4.90 Å². The zero-order valence-electron chi connectivity index (χ0n) is 9.45. The van der Waals surface area contributed by atoms with Crippen LogP contribution in [0.1, 0.15) is 11.1 Å². The summed E-state index contributed by atoms with van der Waals surface area (Å²) in [5, 5.41) is 8.04. The Bertz CT molecular complexity index is 637. The third kappa shape index (κ3) is 1.57. The number of rotatable bonds is 1. The second-order valence-electron chi connectivity index (χ2n) is 4.19. The molecule has 90 valence electrons. The fourth-order valence-electron chi connectivity index (χ4n) is 2.19. The highest BCUT2D eigenvalue weighted by atomic mass is 19.1. The predicted molar refractivity (Wildman–Crippen MR) is 65.8 cm³/mol. The minimum absolute atomic E-state index is 0.234. The molecule has 0 amide bonds. The Hall–Kier alpha value is -2.23. The van der Waals surface area contributed by atoms with Crippen molar-refractivity contribution in [1.29, 1.82) is 5.41 Å². The summed E-state index contributed by atoms with van der Waals surface area (Å²) in [4.78, 5) is 1.54. The summed E-state index contributed by atoms with van der Waals surface area (Å²) in [5.41, 5.74) is 2.00. The molecular weight excluding hydrogens is 234 g/mol. The summed E-state index contributed by atoms with van der Waals surface area (Å²) in [6.45, 7) is 0.442. The summed E-state index contributed by atoms with van der Waals surface area (Å²) >= 11 is 0. The number of hydrogen-bond acceptors (Lipinski definition) is 1. The first-order chi connectivity index (χ1) is 8.66. The van der Waals surface area contributed by atoms with E-state index in [4.69, 9.17) is 5.41 Å². The smallest absolute Gasteiger partial charge is 0.149 e. The molecule has 0 radical (unpaired) electrons. The van der Waals surface area contributed by atoms with Gasteiger partial charge in [-0.3, -0.25) is 5.41 Å². The fraction of sp³-hybridized carbons (Fsp3) is 0.0714. The highest BCUT2D eigenvalue weighted by molar-refractivity contribution is 6.11. The van der Waals surface area contributed by atoms with Crippen LogP contribution in [-0.2, 0) is 6.54 Å². The molecule has 18 heavy (non-hydrogen) atoms. The van der Waals surface area contributed by atoms with Gasteiger partial charge in [0.25, 0.3) is 0 Å². The molecule has 3 rings (SSSR count). The van der Waals surface area contributed by atoms with Crippen LogP contribution in [0.5, 0.6) is 0 Å². The Balaban J connectivity index is 2.04. The maximum Gasteiger partial charge on any atom is 0.149 e. The molecule has 1 heterocycles. The largest absolute Gasteiger partial charge is 0.319 e. The molecule has 1 aliphatic heterocycles.